The Morgan fingerprint density at radius 3 is 2.24 bits per heavy atom. The Labute approximate surface area is 167 Å². The number of cyclic esters (lactones) is 1. The summed E-state index contributed by atoms with van der Waals surface area (Å²) in [4.78, 5) is 45.0. The van der Waals surface area contributed by atoms with Crippen LogP contribution >= 0.6 is 11.6 Å². The van der Waals surface area contributed by atoms with E-state index in [9.17, 15) is 24.5 Å². The number of carbonyl (C=O) groups excluding carboxylic acids is 2. The third kappa shape index (κ3) is 4.33. The van der Waals surface area contributed by atoms with Gasteiger partial charge in [-0.3, -0.25) is 10.1 Å². The highest BCUT2D eigenvalue weighted by atomic mass is 35.5. The molecule has 2 aromatic rings. The number of benzene rings is 2. The lowest BCUT2D eigenvalue weighted by molar-refractivity contribution is -0.384. The summed E-state index contributed by atoms with van der Waals surface area (Å²) in [6.45, 7) is 0. The average molecular weight is 419 g/mol. The second-order valence-corrected chi connectivity index (χ2v) is 6.06. The van der Waals surface area contributed by atoms with Gasteiger partial charge in [0.2, 0.25) is 0 Å². The van der Waals surface area contributed by atoms with E-state index in [1.165, 1.54) is 36.4 Å². The zero-order chi connectivity index (χ0) is 21.1. The standard InChI is InChI=1S/C18H11ClN2O8/c19-13-14(20-11-5-1-9(2-6-11)15(22)23)18(29-17(13)25)28-16(24)10-3-7-12(8-4-10)21(26)27/h1-8,18,20H,(H,22,23)/t18-/m0/s1. The van der Waals surface area contributed by atoms with E-state index < -0.39 is 29.1 Å². The molecule has 29 heavy (non-hydrogen) atoms. The molecular formula is C18H11ClN2O8. The van der Waals surface area contributed by atoms with Crippen LogP contribution in [-0.4, -0.2) is 34.2 Å². The molecule has 3 rings (SSSR count). The molecular weight excluding hydrogens is 408 g/mol. The molecule has 1 aliphatic heterocycles. The summed E-state index contributed by atoms with van der Waals surface area (Å²) in [5.74, 6) is -2.93. The molecule has 148 valence electrons. The first-order chi connectivity index (χ1) is 13.8. The summed E-state index contributed by atoms with van der Waals surface area (Å²) in [7, 11) is 0. The minimum Gasteiger partial charge on any atom is -0.478 e. The highest BCUT2D eigenvalue weighted by Crippen LogP contribution is 2.29. The molecule has 0 aromatic heterocycles. The van der Waals surface area contributed by atoms with Crippen molar-refractivity contribution in [3.63, 3.8) is 0 Å². The van der Waals surface area contributed by atoms with Crippen LogP contribution in [0.5, 0.6) is 0 Å². The Hall–Kier alpha value is -3.92. The fourth-order valence-electron chi connectivity index (χ4n) is 2.35. The first-order valence-corrected chi connectivity index (χ1v) is 8.30. The van der Waals surface area contributed by atoms with Crippen LogP contribution in [0.15, 0.2) is 59.3 Å². The molecule has 0 unspecified atom stereocenters. The van der Waals surface area contributed by atoms with E-state index in [1.54, 1.807) is 0 Å². The van der Waals surface area contributed by atoms with Gasteiger partial charge in [0.05, 0.1) is 16.1 Å². The zero-order valence-electron chi connectivity index (χ0n) is 14.3. The number of non-ortho nitro benzene ring substituents is 1. The third-order valence-electron chi connectivity index (χ3n) is 3.80. The van der Waals surface area contributed by atoms with Crippen LogP contribution in [0.4, 0.5) is 11.4 Å². The lowest BCUT2D eigenvalue weighted by Crippen LogP contribution is -2.24. The Kier molecular flexibility index (Phi) is 5.46. The van der Waals surface area contributed by atoms with Gasteiger partial charge in [-0.2, -0.15) is 0 Å². The number of nitro groups is 1. The van der Waals surface area contributed by atoms with Crippen LogP contribution in [0.3, 0.4) is 0 Å². The van der Waals surface area contributed by atoms with Gasteiger partial charge in [0, 0.05) is 17.8 Å². The largest absolute Gasteiger partial charge is 0.478 e. The molecule has 1 aliphatic rings. The van der Waals surface area contributed by atoms with Crippen LogP contribution in [0.2, 0.25) is 0 Å². The predicted molar refractivity (Wildman–Crippen MR) is 98.3 cm³/mol. The quantitative estimate of drug-likeness (QED) is 0.410. The number of ether oxygens (including phenoxy) is 2. The van der Waals surface area contributed by atoms with Gasteiger partial charge in [-0.1, -0.05) is 11.6 Å². The van der Waals surface area contributed by atoms with Crippen molar-refractivity contribution in [1.82, 2.24) is 0 Å². The summed E-state index contributed by atoms with van der Waals surface area (Å²) in [5, 5.41) is 22.0. The molecule has 0 radical (unpaired) electrons. The van der Waals surface area contributed by atoms with Crippen molar-refractivity contribution in [2.45, 2.75) is 6.29 Å². The van der Waals surface area contributed by atoms with Gasteiger partial charge >= 0.3 is 17.9 Å². The highest BCUT2D eigenvalue weighted by Gasteiger charge is 2.36. The van der Waals surface area contributed by atoms with Gasteiger partial charge < -0.3 is 19.9 Å². The number of hydrogen-bond acceptors (Lipinski definition) is 8. The Balaban J connectivity index is 1.76. The van der Waals surface area contributed by atoms with E-state index in [0.29, 0.717) is 5.69 Å². The van der Waals surface area contributed by atoms with E-state index >= 15 is 0 Å². The Morgan fingerprint density at radius 1 is 1.10 bits per heavy atom. The lowest BCUT2D eigenvalue weighted by Gasteiger charge is -2.16. The van der Waals surface area contributed by atoms with Crippen LogP contribution in [0, 0.1) is 10.1 Å². The number of nitro benzene ring substituents is 1. The molecule has 11 heteroatoms. The summed E-state index contributed by atoms with van der Waals surface area (Å²) >= 11 is 5.92. The smallest absolute Gasteiger partial charge is 0.355 e. The maximum absolute atomic E-state index is 12.3. The van der Waals surface area contributed by atoms with Gasteiger partial charge in [-0.05, 0) is 36.4 Å². The van der Waals surface area contributed by atoms with Gasteiger partial charge in [0.15, 0.2) is 5.03 Å². The number of nitrogens with one attached hydrogen (secondary N) is 1. The van der Waals surface area contributed by atoms with E-state index in [2.05, 4.69) is 5.32 Å². The van der Waals surface area contributed by atoms with E-state index in [-0.39, 0.29) is 27.5 Å². The van der Waals surface area contributed by atoms with Crippen molar-refractivity contribution < 1.29 is 33.9 Å². The highest BCUT2D eigenvalue weighted by molar-refractivity contribution is 6.42. The minimum absolute atomic E-state index is 0.000155. The molecule has 0 aliphatic carbocycles. The number of nitrogens with zero attached hydrogens (tertiary/aromatic N) is 1. The van der Waals surface area contributed by atoms with E-state index in [0.717, 1.165) is 12.1 Å². The fraction of sp³-hybridized carbons (Fsp3) is 0.0556. The topological polar surface area (TPSA) is 145 Å². The van der Waals surface area contributed by atoms with E-state index in [4.69, 9.17) is 26.2 Å². The molecule has 2 N–H and O–H groups in total. The number of aromatic carboxylic acids is 1. The third-order valence-corrected chi connectivity index (χ3v) is 4.16. The monoisotopic (exact) mass is 418 g/mol. The van der Waals surface area contributed by atoms with Crippen molar-refractivity contribution in [1.29, 1.82) is 0 Å². The van der Waals surface area contributed by atoms with Gasteiger partial charge in [-0.25, -0.2) is 14.4 Å². The second-order valence-electron chi connectivity index (χ2n) is 5.68. The number of esters is 2. The molecule has 0 fully saturated rings. The summed E-state index contributed by atoms with van der Waals surface area (Å²) < 4.78 is 10.1. The molecule has 0 saturated heterocycles. The molecule has 1 heterocycles. The van der Waals surface area contributed by atoms with Crippen molar-refractivity contribution in [2.24, 2.45) is 0 Å². The molecule has 0 amide bonds. The zero-order valence-corrected chi connectivity index (χ0v) is 15.1. The maximum atomic E-state index is 12.3. The number of carboxylic acid groups (broad SMARTS) is 1. The normalized spacial score (nSPS) is 15.6. The van der Waals surface area contributed by atoms with Crippen LogP contribution < -0.4 is 5.32 Å². The lowest BCUT2D eigenvalue weighted by atomic mass is 10.2. The van der Waals surface area contributed by atoms with Crippen molar-refractivity contribution in [3.05, 3.63) is 80.5 Å². The Bertz CT molecular complexity index is 1030. The number of hydrogen-bond donors (Lipinski definition) is 2. The number of rotatable bonds is 6. The molecule has 2 aromatic carbocycles. The number of carboxylic acids is 1. The molecule has 0 bridgehead atoms. The van der Waals surface area contributed by atoms with Crippen molar-refractivity contribution in [2.75, 3.05) is 5.32 Å². The van der Waals surface area contributed by atoms with Crippen molar-refractivity contribution >= 4 is 40.9 Å². The number of anilines is 1. The second kappa shape index (κ2) is 7.98. The Morgan fingerprint density at radius 2 is 1.69 bits per heavy atom. The SMILES string of the molecule is O=C1O[C@H](OC(=O)c2ccc([N+](=O)[O-])cc2)C(Nc2ccc(C(=O)O)cc2)=C1Cl. The number of halogens is 1. The summed E-state index contributed by atoms with van der Waals surface area (Å²) in [6, 6.07) is 10.2. The van der Waals surface area contributed by atoms with Gasteiger partial charge in [0.1, 0.15) is 5.70 Å². The van der Waals surface area contributed by atoms with Crippen molar-refractivity contribution in [3.8, 4) is 0 Å². The molecule has 1 atom stereocenters. The fourth-order valence-corrected chi connectivity index (χ4v) is 2.54. The van der Waals surface area contributed by atoms with Crippen LogP contribution in [-0.2, 0) is 14.3 Å². The first-order valence-electron chi connectivity index (χ1n) is 7.92. The van der Waals surface area contributed by atoms with Crippen LogP contribution in [0.1, 0.15) is 20.7 Å². The van der Waals surface area contributed by atoms with Gasteiger partial charge in [0.25, 0.3) is 12.0 Å². The summed E-state index contributed by atoms with van der Waals surface area (Å²) in [5.41, 5.74) is 0.173. The average Bonchev–Trinajstić information content (AvgIpc) is 2.95. The van der Waals surface area contributed by atoms with E-state index in [1.807, 2.05) is 0 Å². The summed E-state index contributed by atoms with van der Waals surface area (Å²) in [6.07, 6.45) is -1.48. The molecule has 0 spiro atoms. The maximum Gasteiger partial charge on any atom is 0.355 e. The molecule has 10 nitrogen and oxygen atoms in total. The number of carbonyl (C=O) groups is 3. The minimum atomic E-state index is -1.48. The van der Waals surface area contributed by atoms with Gasteiger partial charge in [-0.15, -0.1) is 0 Å². The molecule has 0 saturated carbocycles. The predicted octanol–water partition coefficient (Wildman–Crippen LogP) is 2.90. The first kappa shape index (κ1) is 19.8. The van der Waals surface area contributed by atoms with Crippen LogP contribution in [0.25, 0.3) is 0 Å².